The van der Waals surface area contributed by atoms with Crippen molar-refractivity contribution in [3.8, 4) is 67.5 Å². The minimum absolute atomic E-state index is 0.445. The van der Waals surface area contributed by atoms with Crippen LogP contribution < -0.4 is 0 Å². The minimum Gasteiger partial charge on any atom is -0.208 e. The normalized spacial score (nSPS) is 13.1. The van der Waals surface area contributed by atoms with E-state index >= 15 is 0 Å². The van der Waals surface area contributed by atoms with Gasteiger partial charge in [0.1, 0.15) is 0 Å². The van der Waals surface area contributed by atoms with Gasteiger partial charge in [-0.1, -0.05) is 206 Å². The molecule has 0 atom stereocenters. The molecule has 0 amide bonds. The number of hydrogen-bond acceptors (Lipinski definition) is 4. The largest absolute Gasteiger partial charge is 0.208 e. The molecule has 8 aromatic carbocycles. The van der Waals surface area contributed by atoms with Crippen molar-refractivity contribution in [1.29, 1.82) is 0 Å². The predicted octanol–water partition coefficient (Wildman–Crippen LogP) is 13.0. The molecule has 56 heavy (non-hydrogen) atoms. The maximum absolute atomic E-state index is 5.15. The van der Waals surface area contributed by atoms with Gasteiger partial charge < -0.3 is 0 Å². The summed E-state index contributed by atoms with van der Waals surface area (Å²) in [6.07, 6.45) is 0. The summed E-state index contributed by atoms with van der Waals surface area (Å²) in [7, 11) is 0. The highest BCUT2D eigenvalue weighted by Crippen LogP contribution is 2.63. The van der Waals surface area contributed by atoms with Crippen LogP contribution in [0.5, 0.6) is 0 Å². The Morgan fingerprint density at radius 3 is 1.27 bits per heavy atom. The van der Waals surface area contributed by atoms with Gasteiger partial charge in [0.15, 0.2) is 17.5 Å². The number of nitrogens with zero attached hydrogens (tertiary/aromatic N) is 3. The second-order valence-electron chi connectivity index (χ2n) is 14.3. The lowest BCUT2D eigenvalue weighted by atomic mass is 9.67. The Balaban J connectivity index is 1.14. The third kappa shape index (κ3) is 4.96. The molecule has 0 saturated heterocycles. The fraction of sp³-hybridized carbons (Fsp3) is 0.0192. The maximum Gasteiger partial charge on any atom is 0.164 e. The Morgan fingerprint density at radius 2 is 0.679 bits per heavy atom. The van der Waals surface area contributed by atoms with E-state index in [-0.39, 0.29) is 0 Å². The molecule has 0 bridgehead atoms. The van der Waals surface area contributed by atoms with E-state index in [1.807, 2.05) is 48.2 Å². The Morgan fingerprint density at radius 1 is 0.286 bits per heavy atom. The monoisotopic (exact) mass is 731 g/mol. The van der Waals surface area contributed by atoms with Gasteiger partial charge in [0.2, 0.25) is 0 Å². The zero-order chi connectivity index (χ0) is 37.1. The molecule has 1 spiro atoms. The van der Waals surface area contributed by atoms with E-state index in [1.54, 1.807) is 0 Å². The van der Waals surface area contributed by atoms with Crippen LogP contribution in [-0.4, -0.2) is 15.0 Å². The summed E-state index contributed by atoms with van der Waals surface area (Å²) in [6, 6.07) is 71.5. The first-order valence-corrected chi connectivity index (χ1v) is 19.8. The lowest BCUT2D eigenvalue weighted by molar-refractivity contribution is 0.723. The quantitative estimate of drug-likeness (QED) is 0.177. The molecule has 4 heteroatoms. The van der Waals surface area contributed by atoms with Crippen LogP contribution in [0.4, 0.5) is 0 Å². The summed E-state index contributed by atoms with van der Waals surface area (Å²) < 4.78 is 0. The minimum atomic E-state index is -0.445. The van der Waals surface area contributed by atoms with E-state index in [0.29, 0.717) is 17.5 Å². The van der Waals surface area contributed by atoms with Gasteiger partial charge in [0.05, 0.1) is 5.41 Å². The van der Waals surface area contributed by atoms with Crippen LogP contribution in [0.15, 0.2) is 210 Å². The van der Waals surface area contributed by atoms with E-state index in [2.05, 4.69) is 164 Å². The molecule has 1 aliphatic heterocycles. The van der Waals surface area contributed by atoms with Crippen LogP contribution in [0.1, 0.15) is 22.3 Å². The standard InChI is InChI=1S/C52H33N3S/c1-3-18-34(19-4-1)49-53-50(35-20-5-2-6-21-35)55-51(54-49)42-27-10-9-24-38(42)36-22-7-8-23-37(36)41-28-17-32-46-48(41)56-47-33-16-15-31-45(47)52(46)43-29-13-11-25-39(43)40-26-12-14-30-44(40)52/h1-33H. The molecule has 9 aromatic rings. The average Bonchev–Trinajstić information content (AvgIpc) is 3.57. The molecule has 0 unspecified atom stereocenters. The molecule has 11 rings (SSSR count). The zero-order valence-electron chi connectivity index (χ0n) is 30.3. The zero-order valence-corrected chi connectivity index (χ0v) is 31.1. The SMILES string of the molecule is c1ccc(-c2nc(-c3ccccc3)nc(-c3ccccc3-c3ccccc3-c3cccc4c3Sc3ccccc3C43c4ccccc4-c4ccccc43)n2)cc1. The topological polar surface area (TPSA) is 38.7 Å². The molecule has 0 fully saturated rings. The highest BCUT2D eigenvalue weighted by atomic mass is 32.2. The summed E-state index contributed by atoms with van der Waals surface area (Å²) in [5.74, 6) is 1.93. The molecule has 2 heterocycles. The molecule has 1 aromatic heterocycles. The van der Waals surface area contributed by atoms with Gasteiger partial charge in [-0.15, -0.1) is 0 Å². The Kier molecular flexibility index (Phi) is 7.64. The van der Waals surface area contributed by atoms with Gasteiger partial charge in [-0.2, -0.15) is 0 Å². The Labute approximate surface area is 330 Å². The first kappa shape index (κ1) is 32.5. The number of aromatic nitrogens is 3. The van der Waals surface area contributed by atoms with E-state index in [1.165, 1.54) is 54.3 Å². The third-order valence-corrected chi connectivity index (χ3v) is 12.5. The fourth-order valence-corrected chi connectivity index (χ4v) is 10.2. The highest BCUT2D eigenvalue weighted by molar-refractivity contribution is 7.99. The molecule has 0 radical (unpaired) electrons. The molecule has 3 nitrogen and oxygen atoms in total. The Hall–Kier alpha value is -6.88. The second kappa shape index (κ2) is 13.2. The fourth-order valence-electron chi connectivity index (χ4n) is 8.89. The smallest absolute Gasteiger partial charge is 0.164 e. The molecule has 1 aliphatic carbocycles. The van der Waals surface area contributed by atoms with Crippen molar-refractivity contribution in [2.75, 3.05) is 0 Å². The third-order valence-electron chi connectivity index (χ3n) is 11.2. The van der Waals surface area contributed by atoms with Crippen LogP contribution in [0.3, 0.4) is 0 Å². The molecular weight excluding hydrogens is 699 g/mol. The lowest BCUT2D eigenvalue weighted by Crippen LogP contribution is -2.32. The summed E-state index contributed by atoms with van der Waals surface area (Å²) in [6.45, 7) is 0. The summed E-state index contributed by atoms with van der Waals surface area (Å²) in [4.78, 5) is 17.8. The van der Waals surface area contributed by atoms with Crippen molar-refractivity contribution in [2.24, 2.45) is 0 Å². The molecule has 262 valence electrons. The van der Waals surface area contributed by atoms with Crippen LogP contribution in [0.25, 0.3) is 67.5 Å². The van der Waals surface area contributed by atoms with Gasteiger partial charge >= 0.3 is 0 Å². The highest BCUT2D eigenvalue weighted by Gasteiger charge is 2.50. The van der Waals surface area contributed by atoms with Gasteiger partial charge in [-0.05, 0) is 61.7 Å². The summed E-state index contributed by atoms with van der Waals surface area (Å²) in [5.41, 5.74) is 14.9. The summed E-state index contributed by atoms with van der Waals surface area (Å²) >= 11 is 1.88. The number of rotatable bonds is 5. The number of hydrogen-bond donors (Lipinski definition) is 0. The van der Waals surface area contributed by atoms with Crippen molar-refractivity contribution < 1.29 is 0 Å². The van der Waals surface area contributed by atoms with Gasteiger partial charge in [0.25, 0.3) is 0 Å². The van der Waals surface area contributed by atoms with Crippen LogP contribution in [-0.2, 0) is 5.41 Å². The van der Waals surface area contributed by atoms with Crippen LogP contribution in [0.2, 0.25) is 0 Å². The molecule has 2 aliphatic rings. The van der Waals surface area contributed by atoms with Gasteiger partial charge in [-0.25, -0.2) is 15.0 Å². The van der Waals surface area contributed by atoms with Crippen LogP contribution >= 0.6 is 11.8 Å². The number of fused-ring (bicyclic) bond motifs is 9. The molecule has 0 N–H and O–H groups in total. The molecule has 0 saturated carbocycles. The van der Waals surface area contributed by atoms with Crippen molar-refractivity contribution in [1.82, 2.24) is 15.0 Å². The average molecular weight is 732 g/mol. The van der Waals surface area contributed by atoms with Crippen molar-refractivity contribution in [3.63, 3.8) is 0 Å². The van der Waals surface area contributed by atoms with Crippen molar-refractivity contribution in [2.45, 2.75) is 15.2 Å². The first-order chi connectivity index (χ1) is 27.8. The lowest BCUT2D eigenvalue weighted by Gasteiger charge is -2.40. The summed E-state index contributed by atoms with van der Waals surface area (Å²) in [5, 5.41) is 0. The van der Waals surface area contributed by atoms with E-state index in [0.717, 1.165) is 27.8 Å². The van der Waals surface area contributed by atoms with Gasteiger partial charge in [0, 0.05) is 26.5 Å². The van der Waals surface area contributed by atoms with Gasteiger partial charge in [-0.3, -0.25) is 0 Å². The van der Waals surface area contributed by atoms with Crippen molar-refractivity contribution in [3.05, 3.63) is 222 Å². The van der Waals surface area contributed by atoms with E-state index in [9.17, 15) is 0 Å². The van der Waals surface area contributed by atoms with E-state index < -0.39 is 5.41 Å². The predicted molar refractivity (Wildman–Crippen MR) is 228 cm³/mol. The van der Waals surface area contributed by atoms with Crippen molar-refractivity contribution >= 4 is 11.8 Å². The molecular formula is C52H33N3S. The second-order valence-corrected chi connectivity index (χ2v) is 15.3. The first-order valence-electron chi connectivity index (χ1n) is 19.0. The van der Waals surface area contributed by atoms with Crippen LogP contribution in [0, 0.1) is 0 Å². The maximum atomic E-state index is 5.15. The Bertz CT molecular complexity index is 2850. The van der Waals surface area contributed by atoms with E-state index in [4.69, 9.17) is 15.0 Å². The number of benzene rings is 8.